The SMILES string of the molecule is CC(OC(=O)Nc1c(-c2ccc(-c3ccc(C4(C(=O)O)CC4)cc3)cc2)[nH]c2nccn12)c1ccccc1. The van der Waals surface area contributed by atoms with Crippen molar-refractivity contribution in [2.45, 2.75) is 31.3 Å². The quantitative estimate of drug-likeness (QED) is 0.236. The first kappa shape index (κ1) is 23.5. The summed E-state index contributed by atoms with van der Waals surface area (Å²) in [7, 11) is 0. The van der Waals surface area contributed by atoms with E-state index < -0.39 is 23.6 Å². The zero-order chi connectivity index (χ0) is 26.3. The third kappa shape index (κ3) is 4.20. The molecule has 2 aromatic heterocycles. The average Bonchev–Trinajstić information content (AvgIpc) is 3.52. The Kier molecular flexibility index (Phi) is 5.72. The molecule has 1 aliphatic rings. The Morgan fingerprint density at radius 2 is 1.61 bits per heavy atom. The number of ether oxygens (including phenoxy) is 1. The number of rotatable bonds is 7. The number of nitrogens with zero attached hydrogens (tertiary/aromatic N) is 2. The number of fused-ring (bicyclic) bond motifs is 1. The van der Waals surface area contributed by atoms with Gasteiger partial charge in [-0.15, -0.1) is 0 Å². The third-order valence-corrected chi connectivity index (χ3v) is 7.23. The highest BCUT2D eigenvalue weighted by molar-refractivity contribution is 5.90. The summed E-state index contributed by atoms with van der Waals surface area (Å²) in [4.78, 5) is 32.0. The van der Waals surface area contributed by atoms with Gasteiger partial charge in [0.15, 0.2) is 0 Å². The fourth-order valence-corrected chi connectivity index (χ4v) is 4.84. The molecule has 0 aliphatic heterocycles. The highest BCUT2D eigenvalue weighted by Gasteiger charge is 2.51. The predicted octanol–water partition coefficient (Wildman–Crippen LogP) is 6.42. The van der Waals surface area contributed by atoms with Crippen molar-refractivity contribution in [2.24, 2.45) is 0 Å². The zero-order valence-corrected chi connectivity index (χ0v) is 20.7. The number of aliphatic carboxylic acids is 1. The van der Waals surface area contributed by atoms with Gasteiger partial charge >= 0.3 is 12.1 Å². The lowest BCUT2D eigenvalue weighted by molar-refractivity contribution is -0.140. The van der Waals surface area contributed by atoms with Crippen molar-refractivity contribution in [1.29, 1.82) is 0 Å². The van der Waals surface area contributed by atoms with Crippen LogP contribution in [0.5, 0.6) is 0 Å². The van der Waals surface area contributed by atoms with Crippen molar-refractivity contribution in [3.8, 4) is 22.4 Å². The smallest absolute Gasteiger partial charge is 0.413 e. The summed E-state index contributed by atoms with van der Waals surface area (Å²) in [6.45, 7) is 1.83. The molecule has 1 fully saturated rings. The second-order valence-electron chi connectivity index (χ2n) is 9.59. The fraction of sp³-hybridized carbons (Fsp3) is 0.167. The number of amides is 1. The Labute approximate surface area is 218 Å². The van der Waals surface area contributed by atoms with Crippen LogP contribution in [0.3, 0.4) is 0 Å². The minimum absolute atomic E-state index is 0.409. The first-order valence-corrected chi connectivity index (χ1v) is 12.5. The molecule has 0 radical (unpaired) electrons. The number of H-pyrrole nitrogens is 1. The molecule has 6 rings (SSSR count). The minimum Gasteiger partial charge on any atom is -0.481 e. The second-order valence-corrected chi connectivity index (χ2v) is 9.59. The fourth-order valence-electron chi connectivity index (χ4n) is 4.84. The Morgan fingerprint density at radius 3 is 2.24 bits per heavy atom. The maximum atomic E-state index is 12.8. The van der Waals surface area contributed by atoms with Crippen LogP contribution in [-0.4, -0.2) is 31.5 Å². The number of hydrogen-bond donors (Lipinski definition) is 3. The monoisotopic (exact) mass is 506 g/mol. The Hall–Kier alpha value is -4.85. The van der Waals surface area contributed by atoms with E-state index in [4.69, 9.17) is 4.74 Å². The molecule has 3 aromatic carbocycles. The summed E-state index contributed by atoms with van der Waals surface area (Å²) in [6.07, 6.45) is 3.82. The van der Waals surface area contributed by atoms with Gasteiger partial charge in [-0.05, 0) is 42.0 Å². The summed E-state index contributed by atoms with van der Waals surface area (Å²) >= 11 is 0. The number of anilines is 1. The van der Waals surface area contributed by atoms with Gasteiger partial charge in [0, 0.05) is 18.0 Å². The van der Waals surface area contributed by atoms with Crippen molar-refractivity contribution < 1.29 is 19.4 Å². The maximum Gasteiger partial charge on any atom is 0.413 e. The number of carbonyl (C=O) groups excluding carboxylic acids is 1. The van der Waals surface area contributed by atoms with E-state index in [2.05, 4.69) is 15.3 Å². The van der Waals surface area contributed by atoms with E-state index >= 15 is 0 Å². The first-order chi connectivity index (χ1) is 18.4. The Morgan fingerprint density at radius 1 is 0.974 bits per heavy atom. The largest absolute Gasteiger partial charge is 0.481 e. The topological polar surface area (TPSA) is 109 Å². The molecule has 1 atom stereocenters. The van der Waals surface area contributed by atoms with Gasteiger partial charge in [-0.3, -0.25) is 14.5 Å². The van der Waals surface area contributed by atoms with E-state index in [1.54, 1.807) is 16.8 Å². The molecule has 2 heterocycles. The van der Waals surface area contributed by atoms with Crippen LogP contribution in [0.2, 0.25) is 0 Å². The lowest BCUT2D eigenvalue weighted by Gasteiger charge is -2.15. The molecule has 1 aliphatic carbocycles. The molecule has 3 N–H and O–H groups in total. The van der Waals surface area contributed by atoms with Crippen LogP contribution in [0.15, 0.2) is 91.3 Å². The van der Waals surface area contributed by atoms with Crippen molar-refractivity contribution in [1.82, 2.24) is 14.4 Å². The maximum absolute atomic E-state index is 12.8. The van der Waals surface area contributed by atoms with E-state index in [-0.39, 0.29) is 0 Å². The highest BCUT2D eigenvalue weighted by atomic mass is 16.6. The van der Waals surface area contributed by atoms with Gasteiger partial charge in [0.25, 0.3) is 0 Å². The van der Waals surface area contributed by atoms with Crippen molar-refractivity contribution in [2.75, 3.05) is 5.32 Å². The molecular weight excluding hydrogens is 480 g/mol. The van der Waals surface area contributed by atoms with E-state index in [0.717, 1.165) is 27.8 Å². The predicted molar refractivity (Wildman–Crippen MR) is 144 cm³/mol. The summed E-state index contributed by atoms with van der Waals surface area (Å²) < 4.78 is 7.39. The summed E-state index contributed by atoms with van der Waals surface area (Å²) in [5, 5.41) is 12.4. The number of carbonyl (C=O) groups is 2. The average molecular weight is 507 g/mol. The highest BCUT2D eigenvalue weighted by Crippen LogP contribution is 2.48. The third-order valence-electron chi connectivity index (χ3n) is 7.23. The number of carboxylic acids is 1. The normalized spacial score (nSPS) is 14.7. The van der Waals surface area contributed by atoms with E-state index in [1.165, 1.54) is 0 Å². The number of nitrogens with one attached hydrogen (secondary N) is 2. The molecule has 38 heavy (non-hydrogen) atoms. The molecule has 8 nitrogen and oxygen atoms in total. The number of carboxylic acid groups (broad SMARTS) is 1. The lowest BCUT2D eigenvalue weighted by atomic mass is 9.93. The van der Waals surface area contributed by atoms with Crippen molar-refractivity contribution in [3.63, 3.8) is 0 Å². The van der Waals surface area contributed by atoms with E-state index in [0.29, 0.717) is 30.1 Å². The summed E-state index contributed by atoms with van der Waals surface area (Å²) in [6, 6.07) is 25.2. The molecule has 0 bridgehead atoms. The van der Waals surface area contributed by atoms with E-state index in [9.17, 15) is 14.7 Å². The first-order valence-electron chi connectivity index (χ1n) is 12.5. The van der Waals surface area contributed by atoms with Crippen LogP contribution < -0.4 is 5.32 Å². The number of aromatic nitrogens is 3. The van der Waals surface area contributed by atoms with Gasteiger partial charge in [0.2, 0.25) is 5.78 Å². The lowest BCUT2D eigenvalue weighted by Crippen LogP contribution is -2.19. The van der Waals surface area contributed by atoms with Gasteiger partial charge < -0.3 is 14.8 Å². The van der Waals surface area contributed by atoms with Gasteiger partial charge in [-0.2, -0.15) is 0 Å². The van der Waals surface area contributed by atoms with Crippen molar-refractivity contribution in [3.05, 3.63) is 102 Å². The van der Waals surface area contributed by atoms with Gasteiger partial charge in [-0.25, -0.2) is 9.78 Å². The van der Waals surface area contributed by atoms with Gasteiger partial charge in [0.1, 0.15) is 11.9 Å². The molecule has 8 heteroatoms. The van der Waals surface area contributed by atoms with Crippen LogP contribution in [-0.2, 0) is 14.9 Å². The number of hydrogen-bond acceptors (Lipinski definition) is 4. The van der Waals surface area contributed by atoms with Gasteiger partial charge in [-0.1, -0.05) is 78.9 Å². The molecule has 1 unspecified atom stereocenters. The molecule has 1 amide bonds. The number of benzene rings is 3. The van der Waals surface area contributed by atoms with Crippen LogP contribution in [0.4, 0.5) is 10.6 Å². The zero-order valence-electron chi connectivity index (χ0n) is 20.7. The van der Waals surface area contributed by atoms with Crippen LogP contribution >= 0.6 is 0 Å². The second kappa shape index (κ2) is 9.23. The summed E-state index contributed by atoms with van der Waals surface area (Å²) in [5.74, 6) is 0.372. The summed E-state index contributed by atoms with van der Waals surface area (Å²) in [5.41, 5.74) is 4.62. The molecule has 0 spiro atoms. The van der Waals surface area contributed by atoms with Crippen molar-refractivity contribution >= 4 is 23.7 Å². The van der Waals surface area contributed by atoms with Crippen LogP contribution in [0.25, 0.3) is 28.2 Å². The molecule has 0 saturated heterocycles. The standard InChI is InChI=1S/C30H26N4O4/c1-19(20-5-3-2-4-6-20)38-29(37)33-26-25(32-28-31-17-18-34(26)28)23-9-7-21(8-10-23)22-11-13-24(14-12-22)30(15-16-30)27(35)36/h2-14,17-19H,15-16H2,1H3,(H,31,32)(H,33,37)(H,35,36). The molecular formula is C30H26N4O4. The number of imidazole rings is 2. The van der Waals surface area contributed by atoms with Crippen LogP contribution in [0.1, 0.15) is 37.0 Å². The molecule has 190 valence electrons. The van der Waals surface area contributed by atoms with Crippen LogP contribution in [0, 0.1) is 0 Å². The van der Waals surface area contributed by atoms with Gasteiger partial charge in [0.05, 0.1) is 11.1 Å². The Balaban J connectivity index is 1.23. The molecule has 1 saturated carbocycles. The minimum atomic E-state index is -0.755. The number of aromatic amines is 1. The Bertz CT molecular complexity index is 1610. The van der Waals surface area contributed by atoms with E-state index in [1.807, 2.05) is 85.8 Å². The molecule has 5 aromatic rings.